The van der Waals surface area contributed by atoms with Gasteiger partial charge < -0.3 is 0 Å². The first-order chi connectivity index (χ1) is 3.70. The molecule has 44 valence electrons. The highest BCUT2D eigenvalue weighted by atomic mass is 31.0. The highest BCUT2D eigenvalue weighted by molar-refractivity contribution is 7.19. The lowest BCUT2D eigenvalue weighted by atomic mass is 10.4. The van der Waals surface area contributed by atoms with Gasteiger partial charge >= 0.3 is 0 Å². The van der Waals surface area contributed by atoms with E-state index in [0.717, 1.165) is 0 Å². The zero-order chi connectivity index (χ0) is 6.15. The molecule has 0 radical (unpaired) electrons. The molecule has 1 rings (SSSR count). The molecule has 2 amide bonds. The molecule has 0 bridgehead atoms. The molecule has 2 unspecified atom stereocenters. The largest absolute Gasteiger partial charge is 0.296 e. The summed E-state index contributed by atoms with van der Waals surface area (Å²) in [4.78, 5) is 20.8. The zero-order valence-electron chi connectivity index (χ0n) is 4.18. The summed E-state index contributed by atoms with van der Waals surface area (Å²) in [5.74, 6) is -0.352. The van der Waals surface area contributed by atoms with Crippen molar-refractivity contribution in [3.8, 4) is 0 Å². The second-order valence-corrected chi connectivity index (χ2v) is 2.53. The van der Waals surface area contributed by atoms with Gasteiger partial charge in [0.15, 0.2) is 0 Å². The van der Waals surface area contributed by atoms with Gasteiger partial charge in [-0.1, -0.05) is 0 Å². The van der Waals surface area contributed by atoms with Crippen LogP contribution in [0.1, 0.15) is 6.42 Å². The molecule has 0 aromatic rings. The average molecular weight is 131 g/mol. The van der Waals surface area contributed by atoms with Crippen molar-refractivity contribution < 1.29 is 9.59 Å². The Hall–Kier alpha value is -0.430. The molecule has 3 nitrogen and oxygen atoms in total. The molecular weight excluding hydrogens is 125 g/mol. The molecule has 1 saturated heterocycles. The van der Waals surface area contributed by atoms with E-state index in [1.807, 2.05) is 0 Å². The Labute approximate surface area is 49.0 Å². The van der Waals surface area contributed by atoms with Gasteiger partial charge in [-0.05, 0) is 0 Å². The Morgan fingerprint density at radius 3 is 2.38 bits per heavy atom. The van der Waals surface area contributed by atoms with Gasteiger partial charge in [-0.15, -0.1) is 9.24 Å². The van der Waals surface area contributed by atoms with Crippen molar-refractivity contribution in [2.75, 3.05) is 0 Å². The van der Waals surface area contributed by atoms with Gasteiger partial charge in [-0.25, -0.2) is 0 Å². The lowest BCUT2D eigenvalue weighted by Crippen LogP contribution is -2.21. The van der Waals surface area contributed by atoms with Crippen LogP contribution in [0, 0.1) is 0 Å². The lowest BCUT2D eigenvalue weighted by Gasteiger charge is -1.88. The molecule has 1 heterocycles. The Bertz CT molecular complexity index is 145. The highest BCUT2D eigenvalue weighted by Crippen LogP contribution is 2.10. The maximum absolute atomic E-state index is 10.4. The van der Waals surface area contributed by atoms with Crippen molar-refractivity contribution in [3.63, 3.8) is 0 Å². The minimum absolute atomic E-state index is 0.171. The third-order valence-corrected chi connectivity index (χ3v) is 1.54. The summed E-state index contributed by atoms with van der Waals surface area (Å²) in [5, 5.41) is 2.17. The molecule has 2 atom stereocenters. The summed E-state index contributed by atoms with van der Waals surface area (Å²) in [5.41, 5.74) is -0.192. The van der Waals surface area contributed by atoms with Crippen molar-refractivity contribution in [1.29, 1.82) is 0 Å². The van der Waals surface area contributed by atoms with Gasteiger partial charge in [-0.3, -0.25) is 14.9 Å². The van der Waals surface area contributed by atoms with E-state index in [1.54, 1.807) is 0 Å². The maximum atomic E-state index is 10.4. The molecule has 0 aliphatic carbocycles. The van der Waals surface area contributed by atoms with Gasteiger partial charge in [0.05, 0.1) is 5.66 Å². The first-order valence-electron chi connectivity index (χ1n) is 2.29. The highest BCUT2D eigenvalue weighted by Gasteiger charge is 2.25. The van der Waals surface area contributed by atoms with E-state index in [-0.39, 0.29) is 17.5 Å². The van der Waals surface area contributed by atoms with Gasteiger partial charge in [0.2, 0.25) is 11.8 Å². The molecule has 0 spiro atoms. The predicted octanol–water partition coefficient (Wildman–Crippen LogP) is -0.723. The van der Waals surface area contributed by atoms with Crippen molar-refractivity contribution in [3.05, 3.63) is 0 Å². The van der Waals surface area contributed by atoms with Crippen molar-refractivity contribution in [2.45, 2.75) is 12.1 Å². The monoisotopic (exact) mass is 131 g/mol. The van der Waals surface area contributed by atoms with Crippen LogP contribution in [0.4, 0.5) is 0 Å². The van der Waals surface area contributed by atoms with Crippen molar-refractivity contribution in [1.82, 2.24) is 5.32 Å². The van der Waals surface area contributed by atoms with Crippen LogP contribution in [0.5, 0.6) is 0 Å². The quantitative estimate of drug-likeness (QED) is 0.348. The zero-order valence-corrected chi connectivity index (χ0v) is 5.33. The van der Waals surface area contributed by atoms with Crippen molar-refractivity contribution >= 4 is 21.1 Å². The fraction of sp³-hybridized carbons (Fsp3) is 0.500. The number of nitrogens with one attached hydrogen (secondary N) is 1. The Morgan fingerprint density at radius 1 is 1.62 bits per heavy atom. The average Bonchev–Trinajstić information content (AvgIpc) is 1.85. The normalized spacial score (nSPS) is 28.4. The SMILES string of the molecule is O=C1CC(P)C(=O)N1. The second kappa shape index (κ2) is 1.82. The predicted molar refractivity (Wildman–Crippen MR) is 31.3 cm³/mol. The molecular formula is C4H6NO2P. The van der Waals surface area contributed by atoms with E-state index in [1.165, 1.54) is 0 Å². The van der Waals surface area contributed by atoms with Crippen LogP contribution in [0.25, 0.3) is 0 Å². The minimum Gasteiger partial charge on any atom is -0.296 e. The smallest absolute Gasteiger partial charge is 0.233 e. The fourth-order valence-corrected chi connectivity index (χ4v) is 0.871. The van der Waals surface area contributed by atoms with Crippen LogP contribution in [-0.4, -0.2) is 17.5 Å². The van der Waals surface area contributed by atoms with Gasteiger partial charge in [0, 0.05) is 6.42 Å². The first-order valence-corrected chi connectivity index (χ1v) is 2.96. The fourth-order valence-electron chi connectivity index (χ4n) is 0.574. The summed E-state index contributed by atoms with van der Waals surface area (Å²) in [7, 11) is 2.30. The number of imide groups is 1. The molecule has 4 heteroatoms. The van der Waals surface area contributed by atoms with Crippen LogP contribution in [-0.2, 0) is 9.59 Å². The van der Waals surface area contributed by atoms with E-state index < -0.39 is 0 Å². The van der Waals surface area contributed by atoms with Crippen molar-refractivity contribution in [2.24, 2.45) is 0 Å². The number of carbonyl (C=O) groups is 2. The van der Waals surface area contributed by atoms with E-state index in [9.17, 15) is 9.59 Å². The van der Waals surface area contributed by atoms with E-state index >= 15 is 0 Å². The molecule has 0 aromatic carbocycles. The molecule has 1 fully saturated rings. The summed E-state index contributed by atoms with van der Waals surface area (Å²) in [6.45, 7) is 0. The maximum Gasteiger partial charge on any atom is 0.233 e. The molecule has 0 saturated carbocycles. The molecule has 1 N–H and O–H groups in total. The van der Waals surface area contributed by atoms with Crippen LogP contribution in [0.3, 0.4) is 0 Å². The molecule has 8 heavy (non-hydrogen) atoms. The molecule has 1 aliphatic heterocycles. The second-order valence-electron chi connectivity index (χ2n) is 1.72. The number of hydrogen-bond donors (Lipinski definition) is 1. The summed E-state index contributed by atoms with van der Waals surface area (Å²) < 4.78 is 0. The number of hydrogen-bond acceptors (Lipinski definition) is 2. The Morgan fingerprint density at radius 2 is 2.25 bits per heavy atom. The summed E-state index contributed by atoms with van der Waals surface area (Å²) in [6, 6.07) is 0. The summed E-state index contributed by atoms with van der Waals surface area (Å²) in [6.07, 6.45) is 0.323. The third kappa shape index (κ3) is 0.869. The number of rotatable bonds is 0. The van der Waals surface area contributed by atoms with Gasteiger partial charge in [0.25, 0.3) is 0 Å². The summed E-state index contributed by atoms with van der Waals surface area (Å²) >= 11 is 0. The molecule has 1 aliphatic rings. The first kappa shape index (κ1) is 5.70. The number of carbonyl (C=O) groups excluding carboxylic acids is 2. The van der Waals surface area contributed by atoms with Crippen LogP contribution >= 0.6 is 9.24 Å². The third-order valence-electron chi connectivity index (χ3n) is 1.00. The van der Waals surface area contributed by atoms with E-state index in [4.69, 9.17) is 0 Å². The van der Waals surface area contributed by atoms with Crippen LogP contribution in [0.2, 0.25) is 0 Å². The number of amides is 2. The van der Waals surface area contributed by atoms with Gasteiger partial charge in [-0.2, -0.15) is 0 Å². The Balaban J connectivity index is 2.64. The van der Waals surface area contributed by atoms with Gasteiger partial charge in [0.1, 0.15) is 0 Å². The van der Waals surface area contributed by atoms with E-state index in [2.05, 4.69) is 14.6 Å². The standard InChI is InChI=1S/C4H6NO2P/c6-3-1-2(8)4(7)5-3/h2H,1,8H2,(H,5,6,7). The van der Waals surface area contributed by atoms with Crippen LogP contribution in [0.15, 0.2) is 0 Å². The Kier molecular flexibility index (Phi) is 1.30. The lowest BCUT2D eigenvalue weighted by molar-refractivity contribution is -0.124. The van der Waals surface area contributed by atoms with Crippen LogP contribution < -0.4 is 5.32 Å². The van der Waals surface area contributed by atoms with E-state index in [0.29, 0.717) is 6.42 Å². The minimum atomic E-state index is -0.192. The topological polar surface area (TPSA) is 46.2 Å². The molecule has 0 aromatic heterocycles.